The molecule has 3 aromatic carbocycles. The summed E-state index contributed by atoms with van der Waals surface area (Å²) in [6.07, 6.45) is 1.31. The molecule has 4 N–H and O–H groups in total. The van der Waals surface area contributed by atoms with Gasteiger partial charge >= 0.3 is 0 Å². The maximum atomic E-state index is 14.1. The van der Waals surface area contributed by atoms with Gasteiger partial charge in [-0.05, 0) is 44.4 Å². The number of hydrogen-bond donors (Lipinski definition) is 4. The molecule has 0 radical (unpaired) electrons. The van der Waals surface area contributed by atoms with Gasteiger partial charge in [0.1, 0.15) is 22.9 Å². The monoisotopic (exact) mass is 602 g/mol. The van der Waals surface area contributed by atoms with Gasteiger partial charge in [0.2, 0.25) is 10.9 Å². The van der Waals surface area contributed by atoms with Crippen LogP contribution in [0, 0.1) is 13.8 Å². The number of phenols is 2. The lowest BCUT2D eigenvalue weighted by atomic mass is 9.70. The molecule has 3 aromatic rings. The molecule has 0 aromatic heterocycles. The Bertz CT molecular complexity index is 2210. The van der Waals surface area contributed by atoms with Gasteiger partial charge in [-0.25, -0.2) is 0 Å². The van der Waals surface area contributed by atoms with Crippen LogP contribution < -0.4 is 21.7 Å². The normalized spacial score (nSPS) is 17.7. The van der Waals surface area contributed by atoms with Crippen molar-refractivity contribution in [1.82, 2.24) is 0 Å². The van der Waals surface area contributed by atoms with E-state index in [2.05, 4.69) is 0 Å². The highest BCUT2D eigenvalue weighted by Crippen LogP contribution is 2.53. The van der Waals surface area contributed by atoms with Crippen LogP contribution >= 0.6 is 0 Å². The molecule has 45 heavy (non-hydrogen) atoms. The van der Waals surface area contributed by atoms with E-state index in [0.717, 1.165) is 17.7 Å². The van der Waals surface area contributed by atoms with E-state index in [0.29, 0.717) is 5.56 Å². The summed E-state index contributed by atoms with van der Waals surface area (Å²) in [5.74, 6) is -2.14. The fourth-order valence-electron chi connectivity index (χ4n) is 6.59. The van der Waals surface area contributed by atoms with Crippen molar-refractivity contribution < 1.29 is 20.4 Å². The highest BCUT2D eigenvalue weighted by molar-refractivity contribution is 5.89. The zero-order chi connectivity index (χ0) is 32.4. The Balaban J connectivity index is 1.64. The Labute approximate surface area is 257 Å². The summed E-state index contributed by atoms with van der Waals surface area (Å²) in [6.45, 7) is 4.29. The molecule has 2 atom stereocenters. The number of rotatable bonds is 5. The number of fused-ring (bicyclic) bond motifs is 2. The molecule has 0 bridgehead atoms. The lowest BCUT2D eigenvalue weighted by Gasteiger charge is -2.38. The van der Waals surface area contributed by atoms with E-state index in [9.17, 15) is 39.6 Å². The minimum absolute atomic E-state index is 0.00594. The van der Waals surface area contributed by atoms with Gasteiger partial charge in [0.05, 0.1) is 0 Å². The van der Waals surface area contributed by atoms with Crippen molar-refractivity contribution in [3.8, 4) is 33.8 Å². The van der Waals surface area contributed by atoms with Gasteiger partial charge in [-0.2, -0.15) is 0 Å². The van der Waals surface area contributed by atoms with Gasteiger partial charge in [-0.3, -0.25) is 19.2 Å². The second-order valence-corrected chi connectivity index (χ2v) is 11.9. The predicted molar refractivity (Wildman–Crippen MR) is 172 cm³/mol. The van der Waals surface area contributed by atoms with Crippen molar-refractivity contribution in [1.29, 1.82) is 0 Å². The molecule has 0 aliphatic heterocycles. The van der Waals surface area contributed by atoms with Gasteiger partial charge in [-0.1, -0.05) is 60.7 Å². The molecular formula is C37H30O8. The van der Waals surface area contributed by atoms with Gasteiger partial charge in [0, 0.05) is 68.5 Å². The summed E-state index contributed by atoms with van der Waals surface area (Å²) in [5, 5.41) is 45.6. The summed E-state index contributed by atoms with van der Waals surface area (Å²) < 4.78 is 0. The quantitative estimate of drug-likeness (QED) is 0.171. The first-order valence-electron chi connectivity index (χ1n) is 14.5. The molecule has 0 amide bonds. The van der Waals surface area contributed by atoms with E-state index < -0.39 is 44.7 Å². The topological polar surface area (TPSA) is 149 Å². The molecule has 3 aliphatic carbocycles. The van der Waals surface area contributed by atoms with E-state index in [-0.39, 0.29) is 68.7 Å². The number of aliphatic hydroxyl groups excluding tert-OH is 1. The van der Waals surface area contributed by atoms with Crippen molar-refractivity contribution in [2.75, 3.05) is 0 Å². The summed E-state index contributed by atoms with van der Waals surface area (Å²) in [4.78, 5) is 53.9. The lowest BCUT2D eigenvalue weighted by Crippen LogP contribution is -2.39. The van der Waals surface area contributed by atoms with Crippen LogP contribution in [0.4, 0.5) is 0 Å². The second-order valence-electron chi connectivity index (χ2n) is 11.9. The third kappa shape index (κ3) is 4.57. The number of hydrogen-bond acceptors (Lipinski definition) is 8. The van der Waals surface area contributed by atoms with E-state index in [1.165, 1.54) is 20.8 Å². The molecule has 0 fully saturated rings. The summed E-state index contributed by atoms with van der Waals surface area (Å²) >= 11 is 0. The van der Waals surface area contributed by atoms with E-state index in [4.69, 9.17) is 0 Å². The molecule has 8 nitrogen and oxygen atoms in total. The third-order valence-electron chi connectivity index (χ3n) is 9.11. The van der Waals surface area contributed by atoms with E-state index in [1.54, 1.807) is 30.3 Å². The van der Waals surface area contributed by atoms with E-state index >= 15 is 0 Å². The smallest absolute Gasteiger partial charge is 0.229 e. The maximum Gasteiger partial charge on any atom is 0.229 e. The zero-order valence-electron chi connectivity index (χ0n) is 24.8. The molecule has 0 saturated heterocycles. The second kappa shape index (κ2) is 10.7. The first kappa shape index (κ1) is 29.7. The SMILES string of the molecule is Cc1c(O)c2c(c(O)c1-c1c(C)c(=O)c3c(Cc4ccccc4)c(=O)c(=O)cc-3c1=O)C=C(O)C(C)(O)C2Cc1ccccc1. The number of aliphatic hydroxyl groups is 2. The highest BCUT2D eigenvalue weighted by Gasteiger charge is 2.45. The average molecular weight is 603 g/mol. The highest BCUT2D eigenvalue weighted by atomic mass is 16.3. The average Bonchev–Trinajstić information content (AvgIpc) is 3.02. The van der Waals surface area contributed by atoms with Crippen LogP contribution in [0.5, 0.6) is 11.5 Å². The molecular weight excluding hydrogens is 572 g/mol. The van der Waals surface area contributed by atoms with Crippen LogP contribution in [0.2, 0.25) is 0 Å². The molecule has 0 spiro atoms. The van der Waals surface area contributed by atoms with Crippen molar-refractivity contribution in [2.45, 2.75) is 45.1 Å². The van der Waals surface area contributed by atoms with Crippen LogP contribution in [-0.4, -0.2) is 26.0 Å². The standard InChI is InChI=1S/C37H30O8/c1-18-28(35(43)23-16-26(38)34(42)22(30(23)32(18)40)14-20-10-6-4-7-11-20)29-19(2)33(41)31-24(36(29)44)17-27(39)37(3,45)25(31)15-21-12-8-5-9-13-21/h4-13,16-17,25,39,41,44-45H,14-15H2,1-3H3. The number of benzene rings is 5. The molecule has 8 heteroatoms. The van der Waals surface area contributed by atoms with Gasteiger partial charge in [0.25, 0.3) is 0 Å². The fraction of sp³-hybridized carbons (Fsp3) is 0.189. The van der Waals surface area contributed by atoms with Gasteiger partial charge in [0.15, 0.2) is 10.9 Å². The Morgan fingerprint density at radius 1 is 0.711 bits per heavy atom. The molecule has 2 unspecified atom stereocenters. The Hall–Kier alpha value is -5.34. The Kier molecular flexibility index (Phi) is 7.05. The van der Waals surface area contributed by atoms with Crippen molar-refractivity contribution in [3.05, 3.63) is 152 Å². The molecule has 6 rings (SSSR count). The molecule has 0 saturated carbocycles. The molecule has 226 valence electrons. The molecule has 3 aliphatic rings. The van der Waals surface area contributed by atoms with Crippen molar-refractivity contribution in [3.63, 3.8) is 0 Å². The van der Waals surface area contributed by atoms with E-state index in [1.807, 2.05) is 30.3 Å². The maximum absolute atomic E-state index is 14.1. The number of aromatic hydroxyl groups is 2. The van der Waals surface area contributed by atoms with Gasteiger partial charge in [-0.15, -0.1) is 0 Å². The van der Waals surface area contributed by atoms with Gasteiger partial charge < -0.3 is 20.4 Å². The van der Waals surface area contributed by atoms with Crippen LogP contribution in [0.1, 0.15) is 51.8 Å². The zero-order valence-corrected chi connectivity index (χ0v) is 24.8. The van der Waals surface area contributed by atoms with Crippen molar-refractivity contribution in [2.24, 2.45) is 0 Å². The summed E-state index contributed by atoms with van der Waals surface area (Å²) in [6, 6.07) is 18.8. The summed E-state index contributed by atoms with van der Waals surface area (Å²) in [7, 11) is 0. The van der Waals surface area contributed by atoms with Crippen LogP contribution in [-0.2, 0) is 12.8 Å². The fourth-order valence-corrected chi connectivity index (χ4v) is 6.59. The minimum atomic E-state index is -1.80. The lowest BCUT2D eigenvalue weighted by molar-refractivity contribution is 0.0252. The first-order chi connectivity index (χ1) is 21.3. The largest absolute Gasteiger partial charge is 0.509 e. The van der Waals surface area contributed by atoms with Crippen LogP contribution in [0.15, 0.2) is 91.7 Å². The Morgan fingerprint density at radius 3 is 1.93 bits per heavy atom. The Morgan fingerprint density at radius 2 is 1.31 bits per heavy atom. The third-order valence-corrected chi connectivity index (χ3v) is 9.11. The first-order valence-corrected chi connectivity index (χ1v) is 14.5. The van der Waals surface area contributed by atoms with Crippen LogP contribution in [0.3, 0.4) is 0 Å². The minimum Gasteiger partial charge on any atom is -0.509 e. The predicted octanol–water partition coefficient (Wildman–Crippen LogP) is 4.38. The van der Waals surface area contributed by atoms with Crippen LogP contribution in [0.25, 0.3) is 28.3 Å². The number of phenolic OH excluding ortho intramolecular Hbond substituents is 2. The van der Waals surface area contributed by atoms with Crippen molar-refractivity contribution >= 4 is 6.08 Å². The summed E-state index contributed by atoms with van der Waals surface area (Å²) in [5.41, 5.74) is -4.21. The molecule has 0 heterocycles.